The van der Waals surface area contributed by atoms with Crippen LogP contribution in [0.5, 0.6) is 0 Å². The lowest BCUT2D eigenvalue weighted by atomic mass is 10.1. The zero-order valence-corrected chi connectivity index (χ0v) is 14.2. The number of benzene rings is 2. The van der Waals surface area contributed by atoms with Crippen molar-refractivity contribution in [3.8, 4) is 0 Å². The molecule has 0 spiro atoms. The fraction of sp³-hybridized carbons (Fsp3) is 0.350. The Balaban J connectivity index is 1.61. The van der Waals surface area contributed by atoms with E-state index in [0.717, 1.165) is 24.5 Å². The molecule has 0 unspecified atom stereocenters. The lowest BCUT2D eigenvalue weighted by molar-refractivity contribution is -0.00777. The zero-order valence-electron chi connectivity index (χ0n) is 14.2. The lowest BCUT2D eigenvalue weighted by Crippen LogP contribution is -2.43. The van der Waals surface area contributed by atoms with Gasteiger partial charge in [0.15, 0.2) is 11.6 Å². The molecule has 1 fully saturated rings. The number of nitrogens with zero attached hydrogens (tertiary/aromatic N) is 1. The van der Waals surface area contributed by atoms with E-state index in [1.54, 1.807) is 4.90 Å². The second kappa shape index (κ2) is 7.74. The Kier molecular flexibility index (Phi) is 5.43. The normalized spacial score (nSPS) is 17.6. The molecule has 2 aromatic rings. The van der Waals surface area contributed by atoms with E-state index in [1.165, 1.54) is 12.1 Å². The maximum Gasteiger partial charge on any atom is 0.253 e. The average molecular weight is 345 g/mol. The van der Waals surface area contributed by atoms with Gasteiger partial charge in [-0.3, -0.25) is 4.79 Å². The van der Waals surface area contributed by atoms with Crippen LogP contribution in [0.15, 0.2) is 42.5 Å². The molecule has 1 aliphatic rings. The molecule has 0 bridgehead atoms. The van der Waals surface area contributed by atoms with E-state index < -0.39 is 11.6 Å². The van der Waals surface area contributed by atoms with Crippen molar-refractivity contribution in [1.82, 2.24) is 4.90 Å². The number of hydrogen-bond acceptors (Lipinski definition) is 2. The highest BCUT2D eigenvalue weighted by atomic mass is 19.2. The molecule has 1 amide bonds. The molecule has 0 aliphatic carbocycles. The summed E-state index contributed by atoms with van der Waals surface area (Å²) in [5, 5.41) is 0. The Morgan fingerprint density at radius 2 is 2.04 bits per heavy atom. The minimum atomic E-state index is -0.874. The third-order valence-corrected chi connectivity index (χ3v) is 4.44. The van der Waals surface area contributed by atoms with Crippen LogP contribution in [0.2, 0.25) is 0 Å². The number of amides is 1. The highest BCUT2D eigenvalue weighted by Gasteiger charge is 2.25. The first-order chi connectivity index (χ1) is 12.0. The van der Waals surface area contributed by atoms with Gasteiger partial charge >= 0.3 is 0 Å². The Morgan fingerprint density at radius 1 is 1.24 bits per heavy atom. The summed E-state index contributed by atoms with van der Waals surface area (Å²) in [5.74, 6) is -1.76. The smallest absolute Gasteiger partial charge is 0.253 e. The number of halogens is 2. The molecule has 1 heterocycles. The number of ether oxygens (including phenoxy) is 1. The van der Waals surface area contributed by atoms with Gasteiger partial charge in [0.1, 0.15) is 0 Å². The highest BCUT2D eigenvalue weighted by Crippen LogP contribution is 2.19. The third-order valence-electron chi connectivity index (χ3n) is 4.44. The molecule has 2 aromatic carbocycles. The Hall–Kier alpha value is -2.27. The molecule has 3 rings (SSSR count). The second-order valence-electron chi connectivity index (χ2n) is 6.41. The Labute approximate surface area is 146 Å². The van der Waals surface area contributed by atoms with E-state index in [9.17, 15) is 13.6 Å². The van der Waals surface area contributed by atoms with Gasteiger partial charge in [0.05, 0.1) is 12.7 Å². The average Bonchev–Trinajstić information content (AvgIpc) is 2.62. The number of aryl methyl sites for hydroxylation is 1. The largest absolute Gasteiger partial charge is 0.372 e. The molecule has 0 saturated carbocycles. The van der Waals surface area contributed by atoms with Crippen molar-refractivity contribution >= 4 is 5.91 Å². The highest BCUT2D eigenvalue weighted by molar-refractivity contribution is 5.94. The first kappa shape index (κ1) is 17.5. The molecule has 3 nitrogen and oxygen atoms in total. The van der Waals surface area contributed by atoms with Gasteiger partial charge in [0.25, 0.3) is 5.91 Å². The summed E-state index contributed by atoms with van der Waals surface area (Å²) in [7, 11) is 0. The third kappa shape index (κ3) is 4.23. The van der Waals surface area contributed by atoms with E-state index in [1.807, 2.05) is 31.2 Å². The summed E-state index contributed by atoms with van der Waals surface area (Å²) >= 11 is 0. The van der Waals surface area contributed by atoms with Gasteiger partial charge in [-0.15, -0.1) is 0 Å². The van der Waals surface area contributed by atoms with Crippen molar-refractivity contribution in [2.24, 2.45) is 0 Å². The summed E-state index contributed by atoms with van der Waals surface area (Å²) in [6, 6.07) is 11.6. The van der Waals surface area contributed by atoms with Crippen LogP contribution in [-0.4, -0.2) is 30.0 Å². The van der Waals surface area contributed by atoms with Crippen LogP contribution < -0.4 is 0 Å². The summed E-state index contributed by atoms with van der Waals surface area (Å²) < 4.78 is 32.7. The van der Waals surface area contributed by atoms with E-state index in [4.69, 9.17) is 4.74 Å². The fourth-order valence-corrected chi connectivity index (χ4v) is 3.09. The van der Waals surface area contributed by atoms with Crippen LogP contribution in [0.3, 0.4) is 0 Å². The van der Waals surface area contributed by atoms with E-state index in [2.05, 4.69) is 0 Å². The molecule has 5 heteroatoms. The van der Waals surface area contributed by atoms with Crippen LogP contribution >= 0.6 is 0 Å². The van der Waals surface area contributed by atoms with Crippen molar-refractivity contribution in [2.75, 3.05) is 13.1 Å². The number of piperidine rings is 1. The van der Waals surface area contributed by atoms with E-state index in [0.29, 0.717) is 18.7 Å². The Bertz CT molecular complexity index is 763. The van der Waals surface area contributed by atoms with Gasteiger partial charge in [0.2, 0.25) is 0 Å². The fourth-order valence-electron chi connectivity index (χ4n) is 3.09. The van der Waals surface area contributed by atoms with Crippen LogP contribution in [-0.2, 0) is 11.3 Å². The van der Waals surface area contributed by atoms with Gasteiger partial charge in [-0.2, -0.15) is 0 Å². The van der Waals surface area contributed by atoms with Crippen LogP contribution in [0.1, 0.15) is 34.3 Å². The van der Waals surface area contributed by atoms with Crippen molar-refractivity contribution in [1.29, 1.82) is 0 Å². The molecule has 25 heavy (non-hydrogen) atoms. The minimum Gasteiger partial charge on any atom is -0.372 e. The maximum atomic E-state index is 13.7. The lowest BCUT2D eigenvalue weighted by Gasteiger charge is -2.33. The summed E-state index contributed by atoms with van der Waals surface area (Å²) in [4.78, 5) is 14.4. The molecule has 1 saturated heterocycles. The number of rotatable bonds is 4. The summed E-state index contributed by atoms with van der Waals surface area (Å²) in [6.45, 7) is 3.10. The topological polar surface area (TPSA) is 29.5 Å². The van der Waals surface area contributed by atoms with Gasteiger partial charge < -0.3 is 9.64 Å². The standard InChI is InChI=1S/C20H21F2NO2/c1-14-5-2-6-15(11-14)20(24)23-10-4-8-17(12-23)25-13-16-7-3-9-18(21)19(16)22/h2-3,5-7,9,11,17H,4,8,10,12-13H2,1H3/t17-/m1/s1. The minimum absolute atomic E-state index is 0.000730. The quantitative estimate of drug-likeness (QED) is 0.835. The predicted molar refractivity (Wildman–Crippen MR) is 91.3 cm³/mol. The summed E-state index contributed by atoms with van der Waals surface area (Å²) in [6.07, 6.45) is 1.45. The van der Waals surface area contributed by atoms with Crippen LogP contribution in [0.4, 0.5) is 8.78 Å². The van der Waals surface area contributed by atoms with Crippen molar-refractivity contribution in [3.63, 3.8) is 0 Å². The molecule has 132 valence electrons. The van der Waals surface area contributed by atoms with E-state index in [-0.39, 0.29) is 24.2 Å². The van der Waals surface area contributed by atoms with Crippen LogP contribution in [0, 0.1) is 18.6 Å². The van der Waals surface area contributed by atoms with Crippen molar-refractivity contribution < 1.29 is 18.3 Å². The molecule has 0 aromatic heterocycles. The van der Waals surface area contributed by atoms with Gasteiger partial charge in [-0.05, 0) is 38.0 Å². The predicted octanol–water partition coefficient (Wildman–Crippen LogP) is 4.09. The number of carbonyl (C=O) groups is 1. The SMILES string of the molecule is Cc1cccc(C(=O)N2CCC[C@@H](OCc3cccc(F)c3F)C2)c1. The first-order valence-corrected chi connectivity index (χ1v) is 8.45. The molecule has 0 radical (unpaired) electrons. The molecular weight excluding hydrogens is 324 g/mol. The molecule has 1 aliphatic heterocycles. The van der Waals surface area contributed by atoms with Crippen molar-refractivity contribution in [2.45, 2.75) is 32.5 Å². The van der Waals surface area contributed by atoms with Gasteiger partial charge in [-0.1, -0.05) is 29.8 Å². The molecule has 0 N–H and O–H groups in total. The first-order valence-electron chi connectivity index (χ1n) is 8.45. The summed E-state index contributed by atoms with van der Waals surface area (Å²) in [5.41, 5.74) is 1.90. The number of likely N-dealkylation sites (tertiary alicyclic amines) is 1. The second-order valence-corrected chi connectivity index (χ2v) is 6.41. The Morgan fingerprint density at radius 3 is 2.84 bits per heavy atom. The molecular formula is C20H21F2NO2. The van der Waals surface area contributed by atoms with Crippen molar-refractivity contribution in [3.05, 3.63) is 70.8 Å². The monoisotopic (exact) mass is 345 g/mol. The van der Waals surface area contributed by atoms with Crippen LogP contribution in [0.25, 0.3) is 0 Å². The molecule has 1 atom stereocenters. The number of hydrogen-bond donors (Lipinski definition) is 0. The number of carbonyl (C=O) groups excluding carboxylic acids is 1. The van der Waals surface area contributed by atoms with E-state index >= 15 is 0 Å². The van der Waals surface area contributed by atoms with Gasteiger partial charge in [-0.25, -0.2) is 8.78 Å². The maximum absolute atomic E-state index is 13.7. The van der Waals surface area contributed by atoms with Gasteiger partial charge in [0, 0.05) is 24.2 Å². The zero-order chi connectivity index (χ0) is 17.8.